The quantitative estimate of drug-likeness (QED) is 0.302. The first-order chi connectivity index (χ1) is 23.8. The highest BCUT2D eigenvalue weighted by molar-refractivity contribution is 6.17. The van der Waals surface area contributed by atoms with Crippen molar-refractivity contribution in [2.24, 2.45) is 0 Å². The van der Waals surface area contributed by atoms with Crippen molar-refractivity contribution in [1.82, 2.24) is 0 Å². The van der Waals surface area contributed by atoms with Crippen molar-refractivity contribution in [3.8, 4) is 0 Å². The molecule has 0 aromatic heterocycles. The van der Waals surface area contributed by atoms with Crippen LogP contribution in [0, 0.1) is 6.92 Å². The molecular formula is C48H32. The summed E-state index contributed by atoms with van der Waals surface area (Å²) in [6.07, 6.45) is 33.9. The first kappa shape index (κ1) is 23.6. The lowest BCUT2D eigenvalue weighted by molar-refractivity contribution is 0.953. The number of benzene rings is 2. The van der Waals surface area contributed by atoms with Gasteiger partial charge < -0.3 is 0 Å². The smallest absolute Gasteiger partial charge is 0.0326 e. The summed E-state index contributed by atoms with van der Waals surface area (Å²) in [5, 5.41) is 0. The zero-order valence-corrected chi connectivity index (χ0v) is 27.2. The van der Waals surface area contributed by atoms with Crippen molar-refractivity contribution in [2.45, 2.75) is 76.0 Å². The highest BCUT2D eigenvalue weighted by atomic mass is 14.6. The van der Waals surface area contributed by atoms with Crippen LogP contribution in [0.4, 0.5) is 0 Å². The molecule has 0 fully saturated rings. The number of hydrogen-bond acceptors (Lipinski definition) is 0. The number of hydrogen-bond donors (Lipinski definition) is 0. The van der Waals surface area contributed by atoms with Crippen LogP contribution in [-0.4, -0.2) is 0 Å². The normalized spacial score (nSPS) is 29.1. The fourth-order valence-corrected chi connectivity index (χ4v) is 13.8. The van der Waals surface area contributed by atoms with E-state index in [9.17, 15) is 0 Å². The Hall–Kier alpha value is -4.68. The Morgan fingerprint density at radius 1 is 0.479 bits per heavy atom. The lowest BCUT2D eigenvalue weighted by atomic mass is 9.84. The largest absolute Gasteiger partial charge is 0.0801 e. The van der Waals surface area contributed by atoms with Gasteiger partial charge in [-0.2, -0.15) is 0 Å². The Morgan fingerprint density at radius 3 is 1.48 bits per heavy atom. The first-order valence-corrected chi connectivity index (χ1v) is 18.7. The van der Waals surface area contributed by atoms with Crippen LogP contribution < -0.4 is 0 Å². The Balaban J connectivity index is 0.000000100. The van der Waals surface area contributed by atoms with Gasteiger partial charge in [0, 0.05) is 17.8 Å². The average Bonchev–Trinajstić information content (AvgIpc) is 3.89. The molecule has 0 saturated carbocycles. The van der Waals surface area contributed by atoms with Crippen LogP contribution in [0.5, 0.6) is 0 Å². The maximum atomic E-state index is 2.60. The summed E-state index contributed by atoms with van der Waals surface area (Å²) in [6, 6.07) is 0. The van der Waals surface area contributed by atoms with Crippen LogP contribution in [-0.2, 0) is 12.8 Å². The summed E-state index contributed by atoms with van der Waals surface area (Å²) in [5.74, 6) is 1.95. The van der Waals surface area contributed by atoms with E-state index in [0.717, 1.165) is 32.1 Å². The van der Waals surface area contributed by atoms with Gasteiger partial charge in [0.05, 0.1) is 0 Å². The fourth-order valence-electron chi connectivity index (χ4n) is 13.8. The van der Waals surface area contributed by atoms with Gasteiger partial charge in [0.15, 0.2) is 0 Å². The van der Waals surface area contributed by atoms with E-state index in [0.29, 0.717) is 17.8 Å². The van der Waals surface area contributed by atoms with Crippen molar-refractivity contribution in [2.75, 3.05) is 0 Å². The highest BCUT2D eigenvalue weighted by Crippen LogP contribution is 2.79. The van der Waals surface area contributed by atoms with Crippen molar-refractivity contribution in [1.29, 1.82) is 0 Å². The summed E-state index contributed by atoms with van der Waals surface area (Å²) >= 11 is 0. The van der Waals surface area contributed by atoms with E-state index >= 15 is 0 Å². The standard InChI is InChI=1S/C24H12.C24H20/c1-2-8-13-7(1)16-9-3-4-11-14(9)20-22(16)19(13)23-17(8)10-5-6-12-15(10)21(23)24(20)18(11)12;1-14-22(15-6-2-3-7-15)20-12-17-9-5-11-19(17)24(20)21-13-16-8-4-10-18(16)23(14)21/h1,4-5,16-18H,2-3,6H2;2,6-11H,3-5,12-13H2,1H3. The third kappa shape index (κ3) is 2.14. The molecule has 0 spiro atoms. The number of allylic oxidation sites excluding steroid dienone is 24. The average molecular weight is 609 g/mol. The summed E-state index contributed by atoms with van der Waals surface area (Å²) in [7, 11) is 0. The predicted octanol–water partition coefficient (Wildman–Crippen LogP) is 11.1. The van der Waals surface area contributed by atoms with E-state index < -0.39 is 0 Å². The molecule has 2 aromatic carbocycles. The van der Waals surface area contributed by atoms with Crippen LogP contribution >= 0.6 is 0 Å². The van der Waals surface area contributed by atoms with Crippen molar-refractivity contribution in [3.63, 3.8) is 0 Å². The van der Waals surface area contributed by atoms with Gasteiger partial charge in [-0.25, -0.2) is 0 Å². The van der Waals surface area contributed by atoms with Gasteiger partial charge in [-0.3, -0.25) is 0 Å². The van der Waals surface area contributed by atoms with Gasteiger partial charge in [-0.15, -0.1) is 0 Å². The molecule has 0 heterocycles. The van der Waals surface area contributed by atoms with Gasteiger partial charge in [0.25, 0.3) is 0 Å². The number of fused-ring (bicyclic) bond motifs is 13. The zero-order chi connectivity index (χ0) is 30.5. The van der Waals surface area contributed by atoms with Crippen LogP contribution in [0.2, 0.25) is 0 Å². The molecule has 0 amide bonds. The molecule has 48 heavy (non-hydrogen) atoms. The Labute approximate surface area is 280 Å². The molecule has 3 unspecified atom stereocenters. The minimum Gasteiger partial charge on any atom is -0.0801 e. The maximum Gasteiger partial charge on any atom is 0.0326 e. The third-order valence-corrected chi connectivity index (χ3v) is 15.0. The molecule has 0 nitrogen and oxygen atoms in total. The molecule has 224 valence electrons. The van der Waals surface area contributed by atoms with Gasteiger partial charge in [0.2, 0.25) is 0 Å². The monoisotopic (exact) mass is 608 g/mol. The molecule has 0 aliphatic heterocycles. The van der Waals surface area contributed by atoms with Crippen LogP contribution in [0.1, 0.15) is 123 Å². The Bertz CT molecular complexity index is 2500. The van der Waals surface area contributed by atoms with Crippen molar-refractivity contribution in [3.05, 3.63) is 172 Å². The minimum atomic E-state index is 0.649. The molecule has 0 saturated heterocycles. The van der Waals surface area contributed by atoms with Crippen LogP contribution in [0.3, 0.4) is 0 Å². The van der Waals surface area contributed by atoms with E-state index in [2.05, 4.69) is 67.7 Å². The number of rotatable bonds is 1. The topological polar surface area (TPSA) is 0 Å². The fraction of sp³-hybridized carbons (Fsp3) is 0.250. The van der Waals surface area contributed by atoms with Crippen LogP contribution in [0.15, 0.2) is 105 Å². The molecule has 16 rings (SSSR count). The van der Waals surface area contributed by atoms with E-state index in [1.54, 1.807) is 123 Å². The summed E-state index contributed by atoms with van der Waals surface area (Å²) < 4.78 is 0. The molecule has 0 N–H and O–H groups in total. The first-order valence-electron chi connectivity index (χ1n) is 18.7. The van der Waals surface area contributed by atoms with Gasteiger partial charge in [-0.1, -0.05) is 60.8 Å². The molecule has 0 radical (unpaired) electrons. The summed E-state index contributed by atoms with van der Waals surface area (Å²) in [6.45, 7) is 2.36. The van der Waals surface area contributed by atoms with Crippen LogP contribution in [0.25, 0.3) is 33.4 Å². The second kappa shape index (κ2) is 7.18. The van der Waals surface area contributed by atoms with Gasteiger partial charge in [-0.05, 0) is 203 Å². The van der Waals surface area contributed by atoms with Gasteiger partial charge in [0.1, 0.15) is 0 Å². The van der Waals surface area contributed by atoms with E-state index in [1.165, 1.54) is 41.5 Å². The molecule has 14 aliphatic rings. The summed E-state index contributed by atoms with van der Waals surface area (Å²) in [5.41, 5.74) is 43.2. The lowest BCUT2D eigenvalue weighted by Crippen LogP contribution is -2.02. The van der Waals surface area contributed by atoms with E-state index in [1.807, 2.05) is 0 Å². The minimum absolute atomic E-state index is 0.649. The zero-order valence-electron chi connectivity index (χ0n) is 27.2. The predicted molar refractivity (Wildman–Crippen MR) is 195 cm³/mol. The van der Waals surface area contributed by atoms with Crippen molar-refractivity contribution < 1.29 is 0 Å². The SMILES string of the molecule is C1=C2C3=C(C1)C1C4=CCC5=C4c4c1c3c1c3c4C5C4=CCC(=C43)C21.Cc1c(C2=CCC=C2)c2c(c3c1C1=CCC=C1C3)C1=CCC=C1C2. The molecular weight excluding hydrogens is 577 g/mol. The Kier molecular flexibility index (Phi) is 3.53. The van der Waals surface area contributed by atoms with Gasteiger partial charge >= 0.3 is 0 Å². The van der Waals surface area contributed by atoms with E-state index in [4.69, 9.17) is 0 Å². The lowest BCUT2D eigenvalue weighted by Gasteiger charge is -2.19. The second-order valence-electron chi connectivity index (χ2n) is 16.5. The Morgan fingerprint density at radius 2 is 0.979 bits per heavy atom. The molecule has 14 aliphatic carbocycles. The summed E-state index contributed by atoms with van der Waals surface area (Å²) in [4.78, 5) is 0. The molecule has 0 heteroatoms. The maximum absolute atomic E-state index is 2.60. The molecule has 0 bridgehead atoms. The molecule has 2 aromatic rings. The third-order valence-electron chi connectivity index (χ3n) is 15.0. The van der Waals surface area contributed by atoms with Crippen molar-refractivity contribution >= 4 is 33.4 Å². The van der Waals surface area contributed by atoms with E-state index in [-0.39, 0.29) is 0 Å². The molecule has 3 atom stereocenters. The highest BCUT2D eigenvalue weighted by Gasteiger charge is 2.62. The second-order valence-corrected chi connectivity index (χ2v) is 16.5.